The summed E-state index contributed by atoms with van der Waals surface area (Å²) in [6.07, 6.45) is 2.03. The van der Waals surface area contributed by atoms with Crippen molar-refractivity contribution in [1.29, 1.82) is 0 Å². The summed E-state index contributed by atoms with van der Waals surface area (Å²) >= 11 is 3.11. The normalized spacial score (nSPS) is 18.1. The molecule has 0 aromatic carbocycles. The molecule has 2 rings (SSSR count). The Hall–Kier alpha value is -0.500. The van der Waals surface area contributed by atoms with Crippen LogP contribution < -0.4 is 11.1 Å². The molecule has 0 atom stereocenters. The lowest BCUT2D eigenvalue weighted by Gasteiger charge is -2.32. The van der Waals surface area contributed by atoms with Gasteiger partial charge in [0.15, 0.2) is 5.82 Å². The van der Waals surface area contributed by atoms with Crippen LogP contribution in [0.2, 0.25) is 0 Å². The Labute approximate surface area is 117 Å². The topological polar surface area (TPSA) is 57.4 Å². The molecule has 1 aliphatic heterocycles. The van der Waals surface area contributed by atoms with Gasteiger partial charge in [0.05, 0.1) is 4.90 Å². The van der Waals surface area contributed by atoms with Gasteiger partial charge in [0.25, 0.3) is 0 Å². The molecular weight excluding hydrogens is 266 g/mol. The van der Waals surface area contributed by atoms with Gasteiger partial charge in [-0.1, -0.05) is 0 Å². The van der Waals surface area contributed by atoms with E-state index in [0.29, 0.717) is 5.82 Å². The quantitative estimate of drug-likeness (QED) is 0.791. The van der Waals surface area contributed by atoms with Gasteiger partial charge in [-0.3, -0.25) is 4.90 Å². The molecule has 3 N–H and O–H groups in total. The molecule has 0 radical (unpaired) electrons. The lowest BCUT2D eigenvalue weighted by Crippen LogP contribution is -2.45. The zero-order valence-electron chi connectivity index (χ0n) is 11.0. The molecule has 1 aliphatic rings. The van der Waals surface area contributed by atoms with E-state index in [-0.39, 0.29) is 0 Å². The van der Waals surface area contributed by atoms with E-state index >= 15 is 0 Å². The average molecular weight is 287 g/mol. The number of likely N-dealkylation sites (N-methyl/N-ethyl adjacent to an activating group) is 1. The lowest BCUT2D eigenvalue weighted by atomic mass is 10.3. The fourth-order valence-corrected chi connectivity index (χ4v) is 3.57. The van der Waals surface area contributed by atoms with Crippen LogP contribution in [0.25, 0.3) is 0 Å². The van der Waals surface area contributed by atoms with Crippen LogP contribution in [-0.2, 0) is 0 Å². The van der Waals surface area contributed by atoms with Crippen molar-refractivity contribution in [3.8, 4) is 0 Å². The summed E-state index contributed by atoms with van der Waals surface area (Å²) in [6, 6.07) is 0. The van der Waals surface area contributed by atoms with E-state index in [4.69, 9.17) is 5.73 Å². The molecule has 0 amide bonds. The molecule has 0 saturated carbocycles. The van der Waals surface area contributed by atoms with Crippen molar-refractivity contribution in [3.05, 3.63) is 0 Å². The van der Waals surface area contributed by atoms with Crippen LogP contribution in [0.5, 0.6) is 0 Å². The summed E-state index contributed by atoms with van der Waals surface area (Å²) in [5.41, 5.74) is 5.80. The Morgan fingerprint density at radius 1 is 1.39 bits per heavy atom. The van der Waals surface area contributed by atoms with E-state index in [1.807, 2.05) is 6.26 Å². The number of rotatable bonds is 5. The van der Waals surface area contributed by atoms with Crippen molar-refractivity contribution in [1.82, 2.24) is 14.2 Å². The zero-order valence-corrected chi connectivity index (χ0v) is 12.6. The van der Waals surface area contributed by atoms with E-state index in [1.54, 1.807) is 11.8 Å². The van der Waals surface area contributed by atoms with E-state index in [2.05, 4.69) is 26.5 Å². The lowest BCUT2D eigenvalue weighted by molar-refractivity contribution is 0.158. The van der Waals surface area contributed by atoms with Gasteiger partial charge in [0.1, 0.15) is 5.00 Å². The number of hydrogen-bond acceptors (Lipinski definition) is 7. The van der Waals surface area contributed by atoms with Gasteiger partial charge in [0, 0.05) is 39.3 Å². The van der Waals surface area contributed by atoms with Crippen molar-refractivity contribution < 1.29 is 0 Å². The Balaban J connectivity index is 1.75. The van der Waals surface area contributed by atoms with Crippen LogP contribution >= 0.6 is 23.3 Å². The second kappa shape index (κ2) is 6.60. The van der Waals surface area contributed by atoms with Gasteiger partial charge in [-0.25, -0.2) is 0 Å². The van der Waals surface area contributed by atoms with Crippen LogP contribution in [0.1, 0.15) is 0 Å². The molecule has 2 heterocycles. The van der Waals surface area contributed by atoms with Crippen molar-refractivity contribution in [2.75, 3.05) is 63.6 Å². The van der Waals surface area contributed by atoms with Gasteiger partial charge < -0.3 is 16.0 Å². The highest BCUT2D eigenvalue weighted by Crippen LogP contribution is 2.34. The van der Waals surface area contributed by atoms with Crippen molar-refractivity contribution in [2.45, 2.75) is 4.90 Å². The molecular formula is C11H21N5S2. The predicted molar refractivity (Wildman–Crippen MR) is 80.7 cm³/mol. The first-order valence-electron chi connectivity index (χ1n) is 6.14. The minimum atomic E-state index is 0.648. The molecule has 1 aromatic heterocycles. The molecule has 102 valence electrons. The van der Waals surface area contributed by atoms with E-state index in [1.165, 1.54) is 37.7 Å². The molecule has 0 bridgehead atoms. The van der Waals surface area contributed by atoms with Gasteiger partial charge in [0.2, 0.25) is 0 Å². The maximum absolute atomic E-state index is 5.80. The molecule has 18 heavy (non-hydrogen) atoms. The van der Waals surface area contributed by atoms with E-state index < -0.39 is 0 Å². The molecule has 0 spiro atoms. The maximum atomic E-state index is 5.80. The minimum absolute atomic E-state index is 0.648. The number of aromatic nitrogens is 1. The fourth-order valence-electron chi connectivity index (χ4n) is 2.00. The summed E-state index contributed by atoms with van der Waals surface area (Å²) in [7, 11) is 2.18. The summed E-state index contributed by atoms with van der Waals surface area (Å²) < 4.78 is 4.18. The molecule has 1 fully saturated rings. The Morgan fingerprint density at radius 3 is 2.78 bits per heavy atom. The second-order valence-electron chi connectivity index (χ2n) is 4.50. The highest BCUT2D eigenvalue weighted by Gasteiger charge is 2.14. The summed E-state index contributed by atoms with van der Waals surface area (Å²) in [6.45, 7) is 6.71. The number of nitrogens with one attached hydrogen (secondary N) is 1. The van der Waals surface area contributed by atoms with Crippen molar-refractivity contribution in [3.63, 3.8) is 0 Å². The number of anilines is 2. The Kier molecular flexibility index (Phi) is 5.11. The predicted octanol–water partition coefficient (Wildman–Crippen LogP) is 1.11. The fraction of sp³-hybridized carbons (Fsp3) is 0.727. The number of nitrogen functional groups attached to an aromatic ring is 1. The molecule has 5 nitrogen and oxygen atoms in total. The average Bonchev–Trinajstić information content (AvgIpc) is 2.72. The molecule has 0 unspecified atom stereocenters. The molecule has 1 saturated heterocycles. The third-order valence-corrected chi connectivity index (χ3v) is 4.96. The summed E-state index contributed by atoms with van der Waals surface area (Å²) in [5.74, 6) is 0.648. The highest BCUT2D eigenvalue weighted by molar-refractivity contribution is 7.99. The Morgan fingerprint density at radius 2 is 2.11 bits per heavy atom. The number of thioether (sulfide) groups is 1. The van der Waals surface area contributed by atoms with Crippen LogP contribution in [0.4, 0.5) is 10.8 Å². The maximum Gasteiger partial charge on any atom is 0.153 e. The third-order valence-electron chi connectivity index (χ3n) is 3.19. The van der Waals surface area contributed by atoms with Crippen LogP contribution in [0.15, 0.2) is 4.90 Å². The van der Waals surface area contributed by atoms with Crippen molar-refractivity contribution in [2.24, 2.45) is 0 Å². The first-order chi connectivity index (χ1) is 8.70. The molecule has 0 aliphatic carbocycles. The first-order valence-corrected chi connectivity index (χ1v) is 8.14. The molecule has 7 heteroatoms. The first kappa shape index (κ1) is 13.9. The minimum Gasteiger partial charge on any atom is -0.382 e. The monoisotopic (exact) mass is 287 g/mol. The standard InChI is InChI=1S/C11H21N5S2/c1-15-5-7-16(8-6-15)4-3-13-11-9(17-2)10(12)14-18-11/h13H,3-8H2,1-2H3,(H2,12,14). The largest absolute Gasteiger partial charge is 0.382 e. The van der Waals surface area contributed by atoms with Gasteiger partial charge >= 0.3 is 0 Å². The highest BCUT2D eigenvalue weighted by atomic mass is 32.2. The second-order valence-corrected chi connectivity index (χ2v) is 6.09. The van der Waals surface area contributed by atoms with E-state index in [0.717, 1.165) is 23.0 Å². The van der Waals surface area contributed by atoms with Gasteiger partial charge in [-0.05, 0) is 24.8 Å². The SMILES string of the molecule is CSc1c(N)nsc1NCCN1CCN(C)CC1. The number of piperazine rings is 1. The summed E-state index contributed by atoms with van der Waals surface area (Å²) in [5, 5.41) is 4.55. The van der Waals surface area contributed by atoms with E-state index in [9.17, 15) is 0 Å². The summed E-state index contributed by atoms with van der Waals surface area (Å²) in [4.78, 5) is 5.95. The zero-order chi connectivity index (χ0) is 13.0. The number of nitrogens with zero attached hydrogens (tertiary/aromatic N) is 3. The van der Waals surface area contributed by atoms with Crippen LogP contribution in [0.3, 0.4) is 0 Å². The number of nitrogens with two attached hydrogens (primary N) is 1. The molecule has 1 aromatic rings. The smallest absolute Gasteiger partial charge is 0.153 e. The number of hydrogen-bond donors (Lipinski definition) is 2. The van der Waals surface area contributed by atoms with Crippen LogP contribution in [0, 0.1) is 0 Å². The van der Waals surface area contributed by atoms with Crippen LogP contribution in [-0.4, -0.2) is 66.7 Å². The van der Waals surface area contributed by atoms with Gasteiger partial charge in [-0.2, -0.15) is 4.37 Å². The van der Waals surface area contributed by atoms with Crippen molar-refractivity contribution >= 4 is 34.1 Å². The third kappa shape index (κ3) is 3.50. The Bertz CT molecular complexity index is 374. The van der Waals surface area contributed by atoms with Gasteiger partial charge in [-0.15, -0.1) is 11.8 Å².